The van der Waals surface area contributed by atoms with Crippen molar-refractivity contribution in [3.8, 4) is 0 Å². The van der Waals surface area contributed by atoms with E-state index >= 15 is 0 Å². The molecule has 0 aliphatic rings. The highest BCUT2D eigenvalue weighted by molar-refractivity contribution is 7.11. The molecule has 0 spiro atoms. The Bertz CT molecular complexity index is 600. The van der Waals surface area contributed by atoms with Crippen molar-refractivity contribution in [2.45, 2.75) is 25.6 Å². The largest absolute Gasteiger partial charge is 0.443 e. The molecular formula is C13H13ClF3N3S. The van der Waals surface area contributed by atoms with Gasteiger partial charge in [0.25, 0.3) is 0 Å². The SMILES string of the molecule is CCCNC(c1cnc(C(F)(F)F)s1)c1ccncc1Cl. The van der Waals surface area contributed by atoms with Crippen molar-refractivity contribution in [3.05, 3.63) is 45.1 Å². The molecule has 0 bridgehead atoms. The number of halogens is 4. The van der Waals surface area contributed by atoms with Crippen LogP contribution >= 0.6 is 22.9 Å². The third kappa shape index (κ3) is 3.93. The summed E-state index contributed by atoms with van der Waals surface area (Å²) >= 11 is 6.73. The second kappa shape index (κ2) is 6.72. The van der Waals surface area contributed by atoms with Crippen LogP contribution in [0.4, 0.5) is 13.2 Å². The van der Waals surface area contributed by atoms with Gasteiger partial charge in [-0.25, -0.2) is 4.98 Å². The first-order chi connectivity index (χ1) is 9.93. The average molecular weight is 336 g/mol. The number of alkyl halides is 3. The van der Waals surface area contributed by atoms with E-state index in [0.717, 1.165) is 6.42 Å². The molecule has 0 radical (unpaired) electrons. The average Bonchev–Trinajstić information content (AvgIpc) is 2.91. The molecule has 1 N–H and O–H groups in total. The fraction of sp³-hybridized carbons (Fsp3) is 0.385. The van der Waals surface area contributed by atoms with E-state index < -0.39 is 17.2 Å². The van der Waals surface area contributed by atoms with Gasteiger partial charge in [-0.3, -0.25) is 4.98 Å². The Morgan fingerprint density at radius 1 is 1.38 bits per heavy atom. The van der Waals surface area contributed by atoms with Gasteiger partial charge in [0, 0.05) is 23.5 Å². The van der Waals surface area contributed by atoms with Crippen LogP contribution in [-0.2, 0) is 6.18 Å². The number of aromatic nitrogens is 2. The van der Waals surface area contributed by atoms with E-state index in [0.29, 0.717) is 33.3 Å². The van der Waals surface area contributed by atoms with Crippen molar-refractivity contribution in [1.29, 1.82) is 0 Å². The van der Waals surface area contributed by atoms with E-state index in [-0.39, 0.29) is 0 Å². The summed E-state index contributed by atoms with van der Waals surface area (Å²) in [5, 5.41) is 2.75. The number of nitrogens with zero attached hydrogens (tertiary/aromatic N) is 2. The van der Waals surface area contributed by atoms with E-state index in [4.69, 9.17) is 11.6 Å². The Hall–Kier alpha value is -1.18. The summed E-state index contributed by atoms with van der Waals surface area (Å²) in [5.74, 6) is 0. The van der Waals surface area contributed by atoms with Crippen molar-refractivity contribution >= 4 is 22.9 Å². The molecule has 2 aromatic heterocycles. The lowest BCUT2D eigenvalue weighted by Crippen LogP contribution is -2.22. The topological polar surface area (TPSA) is 37.8 Å². The molecule has 0 amide bonds. The summed E-state index contributed by atoms with van der Waals surface area (Å²) < 4.78 is 38.1. The molecule has 21 heavy (non-hydrogen) atoms. The molecule has 2 heterocycles. The predicted molar refractivity (Wildman–Crippen MR) is 76.5 cm³/mol. The summed E-state index contributed by atoms with van der Waals surface area (Å²) in [5.41, 5.74) is 0.692. The van der Waals surface area contributed by atoms with Gasteiger partial charge in [-0.2, -0.15) is 13.2 Å². The molecular weight excluding hydrogens is 323 g/mol. The van der Waals surface area contributed by atoms with Crippen molar-refractivity contribution in [2.24, 2.45) is 0 Å². The molecule has 3 nitrogen and oxygen atoms in total. The number of hydrogen-bond donors (Lipinski definition) is 1. The second-order valence-electron chi connectivity index (χ2n) is 4.35. The van der Waals surface area contributed by atoms with E-state index in [1.165, 1.54) is 12.4 Å². The maximum atomic E-state index is 12.7. The molecule has 1 atom stereocenters. The Labute approximate surface area is 129 Å². The van der Waals surface area contributed by atoms with Gasteiger partial charge in [-0.05, 0) is 24.6 Å². The van der Waals surface area contributed by atoms with Crippen LogP contribution in [0.15, 0.2) is 24.7 Å². The van der Waals surface area contributed by atoms with Crippen LogP contribution < -0.4 is 5.32 Å². The standard InChI is InChI=1S/C13H13ClF3N3S/c1-2-4-19-11(8-3-5-18-6-9(8)14)10-7-20-12(21-10)13(15,16)17/h3,5-7,11,19H,2,4H2,1H3. The number of rotatable bonds is 5. The molecule has 0 aliphatic carbocycles. The smallest absolute Gasteiger partial charge is 0.306 e. The van der Waals surface area contributed by atoms with Crippen molar-refractivity contribution in [3.63, 3.8) is 0 Å². The third-order valence-corrected chi connectivity index (χ3v) is 4.19. The lowest BCUT2D eigenvalue weighted by Gasteiger charge is -2.18. The van der Waals surface area contributed by atoms with E-state index in [9.17, 15) is 13.2 Å². The number of pyridine rings is 1. The van der Waals surface area contributed by atoms with E-state index in [1.807, 2.05) is 6.92 Å². The minimum absolute atomic E-state index is 0.410. The summed E-state index contributed by atoms with van der Waals surface area (Å²) in [6.07, 6.45) is 0.707. The van der Waals surface area contributed by atoms with E-state index in [2.05, 4.69) is 15.3 Å². The summed E-state index contributed by atoms with van der Waals surface area (Å²) in [6.45, 7) is 2.63. The first-order valence-electron chi connectivity index (χ1n) is 6.29. The van der Waals surface area contributed by atoms with Crippen molar-refractivity contribution in [1.82, 2.24) is 15.3 Å². The molecule has 1 unspecified atom stereocenters. The van der Waals surface area contributed by atoms with Gasteiger partial charge in [0.05, 0.1) is 11.1 Å². The number of hydrogen-bond acceptors (Lipinski definition) is 4. The lowest BCUT2D eigenvalue weighted by atomic mass is 10.1. The lowest BCUT2D eigenvalue weighted by molar-refractivity contribution is -0.137. The van der Waals surface area contributed by atoms with Gasteiger partial charge in [0.15, 0.2) is 5.01 Å². The van der Waals surface area contributed by atoms with Crippen LogP contribution in [0.2, 0.25) is 5.02 Å². The zero-order valence-corrected chi connectivity index (χ0v) is 12.7. The minimum atomic E-state index is -4.43. The fourth-order valence-corrected chi connectivity index (χ4v) is 2.93. The second-order valence-corrected chi connectivity index (χ2v) is 5.82. The quantitative estimate of drug-likeness (QED) is 0.885. The highest BCUT2D eigenvalue weighted by atomic mass is 35.5. The summed E-state index contributed by atoms with van der Waals surface area (Å²) in [6, 6.07) is 1.27. The van der Waals surface area contributed by atoms with Crippen molar-refractivity contribution < 1.29 is 13.2 Å². The van der Waals surface area contributed by atoms with Gasteiger partial charge in [0.2, 0.25) is 0 Å². The molecule has 0 aromatic carbocycles. The molecule has 114 valence electrons. The molecule has 0 aliphatic heterocycles. The third-order valence-electron chi connectivity index (χ3n) is 2.76. The maximum absolute atomic E-state index is 12.7. The number of thiazole rings is 1. The molecule has 8 heteroatoms. The van der Waals surface area contributed by atoms with Gasteiger partial charge in [-0.1, -0.05) is 18.5 Å². The Morgan fingerprint density at radius 2 is 2.14 bits per heavy atom. The first kappa shape index (κ1) is 16.2. The normalized spacial score (nSPS) is 13.4. The molecule has 0 saturated heterocycles. The molecule has 2 rings (SSSR count). The van der Waals surface area contributed by atoms with Crippen molar-refractivity contribution in [2.75, 3.05) is 6.54 Å². The van der Waals surface area contributed by atoms with Crippen LogP contribution in [0.5, 0.6) is 0 Å². The Kier molecular flexibility index (Phi) is 5.18. The minimum Gasteiger partial charge on any atom is -0.306 e. The highest BCUT2D eigenvalue weighted by Crippen LogP contribution is 2.37. The van der Waals surface area contributed by atoms with Gasteiger partial charge in [-0.15, -0.1) is 11.3 Å². The highest BCUT2D eigenvalue weighted by Gasteiger charge is 2.35. The van der Waals surface area contributed by atoms with E-state index in [1.54, 1.807) is 12.3 Å². The van der Waals surface area contributed by atoms with Crippen LogP contribution in [0.25, 0.3) is 0 Å². The van der Waals surface area contributed by atoms with Crippen LogP contribution in [0.3, 0.4) is 0 Å². The Morgan fingerprint density at radius 3 is 2.71 bits per heavy atom. The zero-order chi connectivity index (χ0) is 15.5. The zero-order valence-electron chi connectivity index (χ0n) is 11.1. The van der Waals surface area contributed by atoms with Crippen LogP contribution in [0, 0.1) is 0 Å². The summed E-state index contributed by atoms with van der Waals surface area (Å²) in [4.78, 5) is 7.84. The molecule has 0 saturated carbocycles. The Balaban J connectivity index is 2.37. The predicted octanol–water partition coefficient (Wildman–Crippen LogP) is 4.30. The summed E-state index contributed by atoms with van der Waals surface area (Å²) in [7, 11) is 0. The van der Waals surface area contributed by atoms with Gasteiger partial charge < -0.3 is 5.32 Å². The molecule has 0 fully saturated rings. The van der Waals surface area contributed by atoms with Crippen LogP contribution in [0.1, 0.15) is 34.8 Å². The fourth-order valence-electron chi connectivity index (χ4n) is 1.82. The monoisotopic (exact) mass is 335 g/mol. The maximum Gasteiger partial charge on any atom is 0.443 e. The molecule has 2 aromatic rings. The number of nitrogens with one attached hydrogen (secondary N) is 1. The van der Waals surface area contributed by atoms with Crippen LogP contribution in [-0.4, -0.2) is 16.5 Å². The van der Waals surface area contributed by atoms with Gasteiger partial charge >= 0.3 is 6.18 Å². The van der Waals surface area contributed by atoms with Gasteiger partial charge in [0.1, 0.15) is 0 Å². The first-order valence-corrected chi connectivity index (χ1v) is 7.48.